The van der Waals surface area contributed by atoms with Gasteiger partial charge in [-0.25, -0.2) is 4.98 Å². The van der Waals surface area contributed by atoms with E-state index in [-0.39, 0.29) is 5.91 Å². The van der Waals surface area contributed by atoms with Gasteiger partial charge in [-0.3, -0.25) is 9.79 Å². The summed E-state index contributed by atoms with van der Waals surface area (Å²) in [6.07, 6.45) is 2.65. The number of carbonyl (C=O) groups excluding carboxylic acids is 1. The van der Waals surface area contributed by atoms with Crippen molar-refractivity contribution in [3.8, 4) is 10.6 Å². The molecule has 0 bridgehead atoms. The van der Waals surface area contributed by atoms with E-state index in [0.717, 1.165) is 34.0 Å². The summed E-state index contributed by atoms with van der Waals surface area (Å²) in [4.78, 5) is 24.1. The van der Waals surface area contributed by atoms with Gasteiger partial charge in [-0.1, -0.05) is 13.0 Å². The van der Waals surface area contributed by atoms with E-state index in [1.54, 1.807) is 17.5 Å². The highest BCUT2D eigenvalue weighted by Crippen LogP contribution is 2.35. The van der Waals surface area contributed by atoms with Gasteiger partial charge < -0.3 is 9.64 Å². The van der Waals surface area contributed by atoms with E-state index >= 15 is 0 Å². The molecule has 2 aromatic rings. The van der Waals surface area contributed by atoms with Gasteiger partial charge in [0.15, 0.2) is 0 Å². The summed E-state index contributed by atoms with van der Waals surface area (Å²) < 4.78 is 5.36. The molecule has 5 nitrogen and oxygen atoms in total. The van der Waals surface area contributed by atoms with E-state index in [2.05, 4.69) is 11.9 Å². The summed E-state index contributed by atoms with van der Waals surface area (Å²) in [6.45, 7) is 8.53. The first-order chi connectivity index (χ1) is 12.1. The van der Waals surface area contributed by atoms with Crippen LogP contribution in [-0.4, -0.2) is 47.8 Å². The topological polar surface area (TPSA) is 54.8 Å². The Morgan fingerprint density at radius 2 is 2.12 bits per heavy atom. The largest absolute Gasteiger partial charge is 0.378 e. The molecule has 0 aliphatic carbocycles. The van der Waals surface area contributed by atoms with E-state index < -0.39 is 0 Å². The van der Waals surface area contributed by atoms with Crippen LogP contribution in [0.4, 0.5) is 5.69 Å². The van der Waals surface area contributed by atoms with Crippen LogP contribution in [-0.2, 0) is 4.74 Å². The molecule has 3 rings (SSSR count). The van der Waals surface area contributed by atoms with Crippen molar-refractivity contribution in [2.24, 2.45) is 4.99 Å². The van der Waals surface area contributed by atoms with Crippen molar-refractivity contribution < 1.29 is 9.53 Å². The molecule has 1 aliphatic rings. The van der Waals surface area contributed by atoms with E-state index in [1.165, 1.54) is 0 Å². The summed E-state index contributed by atoms with van der Waals surface area (Å²) in [7, 11) is 0. The van der Waals surface area contributed by atoms with Crippen LogP contribution < -0.4 is 0 Å². The standard InChI is InChI=1S/C19H23N3O2S/c1-4-13(2)21-17-14(3)15(18-20-7-12-25-18)5-6-16(17)19(23)22-8-10-24-11-9-22/h5-7,12H,4,8-11H2,1-3H3. The zero-order valence-corrected chi connectivity index (χ0v) is 15.7. The predicted molar refractivity (Wildman–Crippen MR) is 102 cm³/mol. The molecule has 2 heterocycles. The number of nitrogens with zero attached hydrogens (tertiary/aromatic N) is 3. The molecule has 1 aromatic carbocycles. The van der Waals surface area contributed by atoms with Crippen LogP contribution in [0, 0.1) is 6.92 Å². The highest BCUT2D eigenvalue weighted by atomic mass is 32.1. The smallest absolute Gasteiger partial charge is 0.256 e. The average Bonchev–Trinajstić information content (AvgIpc) is 3.17. The van der Waals surface area contributed by atoms with Crippen LogP contribution in [0.25, 0.3) is 10.6 Å². The van der Waals surface area contributed by atoms with Gasteiger partial charge in [-0.2, -0.15) is 0 Å². The number of thiazole rings is 1. The molecule has 1 fully saturated rings. The van der Waals surface area contributed by atoms with Gasteiger partial charge in [0.25, 0.3) is 5.91 Å². The highest BCUT2D eigenvalue weighted by Gasteiger charge is 2.23. The second-order valence-corrected chi connectivity index (χ2v) is 6.97. The van der Waals surface area contributed by atoms with Gasteiger partial charge in [-0.15, -0.1) is 11.3 Å². The Labute approximate surface area is 152 Å². The Kier molecular flexibility index (Phi) is 5.60. The number of ether oxygens (including phenoxy) is 1. The Balaban J connectivity index is 2.08. The lowest BCUT2D eigenvalue weighted by molar-refractivity contribution is 0.0303. The van der Waals surface area contributed by atoms with E-state index in [9.17, 15) is 4.79 Å². The molecule has 0 spiro atoms. The van der Waals surface area contributed by atoms with Crippen molar-refractivity contribution in [2.45, 2.75) is 27.2 Å². The third-order valence-electron chi connectivity index (χ3n) is 4.44. The SMILES string of the molecule is CCC(C)=Nc1c(C(=O)N2CCOCC2)ccc(-c2nccs2)c1C. The Morgan fingerprint density at radius 1 is 1.36 bits per heavy atom. The number of aromatic nitrogens is 1. The number of aliphatic imine (C=N–C) groups is 1. The number of carbonyl (C=O) groups is 1. The fraction of sp³-hybridized carbons (Fsp3) is 0.421. The number of rotatable bonds is 4. The minimum absolute atomic E-state index is 0.0275. The molecule has 1 amide bonds. The molecule has 1 aromatic heterocycles. The van der Waals surface area contributed by atoms with Crippen LogP contribution in [0.2, 0.25) is 0 Å². The van der Waals surface area contributed by atoms with Crippen LogP contribution in [0.5, 0.6) is 0 Å². The molecule has 0 saturated carbocycles. The molecule has 1 aliphatic heterocycles. The first-order valence-electron chi connectivity index (χ1n) is 8.56. The second-order valence-electron chi connectivity index (χ2n) is 6.08. The second kappa shape index (κ2) is 7.89. The summed E-state index contributed by atoms with van der Waals surface area (Å²) in [5, 5.41) is 2.91. The van der Waals surface area contributed by atoms with E-state index in [4.69, 9.17) is 9.73 Å². The Morgan fingerprint density at radius 3 is 2.76 bits per heavy atom. The molecular weight excluding hydrogens is 334 g/mol. The van der Waals surface area contributed by atoms with Crippen molar-refractivity contribution >= 4 is 28.6 Å². The van der Waals surface area contributed by atoms with Gasteiger partial charge >= 0.3 is 0 Å². The van der Waals surface area contributed by atoms with Crippen LogP contribution in [0.3, 0.4) is 0 Å². The predicted octanol–water partition coefficient (Wildman–Crippen LogP) is 4.09. The summed E-state index contributed by atoms with van der Waals surface area (Å²) in [5.41, 5.74) is 4.48. The van der Waals surface area contributed by atoms with Crippen molar-refractivity contribution in [3.05, 3.63) is 34.8 Å². The number of benzene rings is 1. The van der Waals surface area contributed by atoms with Crippen LogP contribution >= 0.6 is 11.3 Å². The van der Waals surface area contributed by atoms with Crippen LogP contribution in [0.1, 0.15) is 36.2 Å². The average molecular weight is 357 g/mol. The Bertz CT molecular complexity index is 778. The molecule has 1 saturated heterocycles. The molecule has 0 N–H and O–H groups in total. The van der Waals surface area contributed by atoms with Crippen molar-refractivity contribution in [2.75, 3.05) is 26.3 Å². The molecule has 0 atom stereocenters. The van der Waals surface area contributed by atoms with Crippen molar-refractivity contribution in [3.63, 3.8) is 0 Å². The third-order valence-corrected chi connectivity index (χ3v) is 5.24. The number of morpholine rings is 1. The summed E-state index contributed by atoms with van der Waals surface area (Å²) in [6, 6.07) is 3.88. The molecule has 132 valence electrons. The van der Waals surface area contributed by atoms with Gasteiger partial charge in [0.05, 0.1) is 24.5 Å². The van der Waals surface area contributed by atoms with Gasteiger partial charge in [0.2, 0.25) is 0 Å². The number of hydrogen-bond acceptors (Lipinski definition) is 5. The maximum absolute atomic E-state index is 13.0. The van der Waals surface area contributed by atoms with Crippen LogP contribution in [0.15, 0.2) is 28.7 Å². The fourth-order valence-corrected chi connectivity index (χ4v) is 3.53. The van der Waals surface area contributed by atoms with E-state index in [1.807, 2.05) is 36.3 Å². The molecule has 0 unspecified atom stereocenters. The summed E-state index contributed by atoms with van der Waals surface area (Å²) >= 11 is 1.59. The van der Waals surface area contributed by atoms with Crippen molar-refractivity contribution in [1.82, 2.24) is 9.88 Å². The monoisotopic (exact) mass is 357 g/mol. The summed E-state index contributed by atoms with van der Waals surface area (Å²) in [5.74, 6) is 0.0275. The molecule has 0 radical (unpaired) electrons. The van der Waals surface area contributed by atoms with E-state index in [0.29, 0.717) is 31.9 Å². The first kappa shape index (κ1) is 17.8. The van der Waals surface area contributed by atoms with Gasteiger partial charge in [0.1, 0.15) is 5.01 Å². The lowest BCUT2D eigenvalue weighted by Crippen LogP contribution is -2.40. The zero-order valence-electron chi connectivity index (χ0n) is 14.9. The fourth-order valence-electron chi connectivity index (χ4n) is 2.81. The zero-order chi connectivity index (χ0) is 17.8. The molecule has 6 heteroatoms. The minimum Gasteiger partial charge on any atom is -0.378 e. The lowest BCUT2D eigenvalue weighted by atomic mass is 10.0. The Hall–Kier alpha value is -2.05. The quantitative estimate of drug-likeness (QED) is 0.774. The number of hydrogen-bond donors (Lipinski definition) is 0. The lowest BCUT2D eigenvalue weighted by Gasteiger charge is -2.27. The molecule has 25 heavy (non-hydrogen) atoms. The maximum atomic E-state index is 13.0. The van der Waals surface area contributed by atoms with Gasteiger partial charge in [0, 0.05) is 35.9 Å². The molecular formula is C19H23N3O2S. The first-order valence-corrected chi connectivity index (χ1v) is 9.44. The number of amides is 1. The third kappa shape index (κ3) is 3.80. The van der Waals surface area contributed by atoms with Crippen molar-refractivity contribution in [1.29, 1.82) is 0 Å². The normalized spacial score (nSPS) is 15.5. The van der Waals surface area contributed by atoms with Gasteiger partial charge in [-0.05, 0) is 31.9 Å². The highest BCUT2D eigenvalue weighted by molar-refractivity contribution is 7.13. The maximum Gasteiger partial charge on any atom is 0.256 e. The minimum atomic E-state index is 0.0275.